The molecule has 0 spiro atoms. The van der Waals surface area contributed by atoms with Crippen molar-refractivity contribution in [3.8, 4) is 0 Å². The second kappa shape index (κ2) is 5.75. The zero-order valence-corrected chi connectivity index (χ0v) is 11.9. The minimum atomic E-state index is 0.0991. The van der Waals surface area contributed by atoms with Gasteiger partial charge in [0.15, 0.2) is 0 Å². The molecule has 20 heavy (non-hydrogen) atoms. The molecule has 0 amide bonds. The summed E-state index contributed by atoms with van der Waals surface area (Å²) < 4.78 is 1.84. The molecular weight excluding hydrogens is 250 g/mol. The Morgan fingerprint density at radius 3 is 2.85 bits per heavy atom. The third kappa shape index (κ3) is 2.61. The van der Waals surface area contributed by atoms with Crippen LogP contribution >= 0.6 is 0 Å². The first-order valence-corrected chi connectivity index (χ1v) is 7.42. The zero-order chi connectivity index (χ0) is 13.9. The highest BCUT2D eigenvalue weighted by molar-refractivity contribution is 5.77. The summed E-state index contributed by atoms with van der Waals surface area (Å²) in [7, 11) is 0. The number of aromatic nitrogens is 2. The molecule has 1 N–H and O–H groups in total. The Bertz CT molecular complexity index is 656. The summed E-state index contributed by atoms with van der Waals surface area (Å²) in [4.78, 5) is 17.1. The highest BCUT2D eigenvalue weighted by Gasteiger charge is 2.14. The normalized spacial score (nSPS) is 16.6. The molecule has 0 atom stereocenters. The van der Waals surface area contributed by atoms with Crippen molar-refractivity contribution in [2.24, 2.45) is 5.92 Å². The third-order valence-corrected chi connectivity index (χ3v) is 4.27. The molecule has 3 rings (SSSR count). The van der Waals surface area contributed by atoms with Crippen LogP contribution in [0.4, 0.5) is 0 Å². The molecule has 2 aromatic rings. The minimum Gasteiger partial charge on any atom is -0.317 e. The van der Waals surface area contributed by atoms with Gasteiger partial charge in [-0.1, -0.05) is 12.1 Å². The van der Waals surface area contributed by atoms with Crippen molar-refractivity contribution in [1.29, 1.82) is 0 Å². The van der Waals surface area contributed by atoms with Gasteiger partial charge >= 0.3 is 0 Å². The molecule has 0 radical (unpaired) electrons. The molecule has 1 aliphatic heterocycles. The molecule has 0 saturated carbocycles. The number of piperidine rings is 1. The Labute approximate surface area is 118 Å². The van der Waals surface area contributed by atoms with Crippen LogP contribution in [-0.2, 0) is 6.54 Å². The van der Waals surface area contributed by atoms with Gasteiger partial charge in [-0.05, 0) is 57.3 Å². The van der Waals surface area contributed by atoms with E-state index in [1.54, 1.807) is 0 Å². The molecule has 0 aliphatic carbocycles. The highest BCUT2D eigenvalue weighted by Crippen LogP contribution is 2.17. The van der Waals surface area contributed by atoms with Crippen LogP contribution in [0.15, 0.2) is 29.1 Å². The lowest BCUT2D eigenvalue weighted by Gasteiger charge is -2.23. The molecule has 0 unspecified atom stereocenters. The number of nitrogens with zero attached hydrogens (tertiary/aromatic N) is 2. The van der Waals surface area contributed by atoms with Gasteiger partial charge in [0, 0.05) is 6.54 Å². The van der Waals surface area contributed by atoms with Gasteiger partial charge in [-0.3, -0.25) is 9.36 Å². The summed E-state index contributed by atoms with van der Waals surface area (Å²) in [5, 5.41) is 4.10. The third-order valence-electron chi connectivity index (χ3n) is 4.27. The molecule has 1 aromatic heterocycles. The standard InChI is InChI=1S/C16H21N3O/c1-12-18-15-5-3-2-4-14(15)16(20)19(12)11-8-13-6-9-17-10-7-13/h2-5,13,17H,6-11H2,1H3. The number of fused-ring (bicyclic) bond motifs is 1. The smallest absolute Gasteiger partial charge is 0.261 e. The number of aryl methyl sites for hydroxylation is 1. The summed E-state index contributed by atoms with van der Waals surface area (Å²) in [6, 6.07) is 7.59. The molecule has 1 aromatic carbocycles. The van der Waals surface area contributed by atoms with E-state index in [4.69, 9.17) is 0 Å². The first-order chi connectivity index (χ1) is 9.75. The Morgan fingerprint density at radius 2 is 2.05 bits per heavy atom. The highest BCUT2D eigenvalue weighted by atomic mass is 16.1. The summed E-state index contributed by atoms with van der Waals surface area (Å²) >= 11 is 0. The van der Waals surface area contributed by atoms with Gasteiger partial charge < -0.3 is 5.32 Å². The molecule has 0 bridgehead atoms. The van der Waals surface area contributed by atoms with Gasteiger partial charge in [0.25, 0.3) is 5.56 Å². The maximum atomic E-state index is 12.5. The predicted molar refractivity (Wildman–Crippen MR) is 81.0 cm³/mol. The average Bonchev–Trinajstić information content (AvgIpc) is 2.48. The number of benzene rings is 1. The van der Waals surface area contributed by atoms with E-state index in [0.717, 1.165) is 48.7 Å². The van der Waals surface area contributed by atoms with Crippen molar-refractivity contribution in [2.45, 2.75) is 32.7 Å². The zero-order valence-electron chi connectivity index (χ0n) is 11.9. The topological polar surface area (TPSA) is 46.9 Å². The molecule has 1 aliphatic rings. The number of nitrogens with one attached hydrogen (secondary N) is 1. The Hall–Kier alpha value is -1.68. The van der Waals surface area contributed by atoms with Crippen molar-refractivity contribution in [3.05, 3.63) is 40.4 Å². The average molecular weight is 271 g/mol. The van der Waals surface area contributed by atoms with Gasteiger partial charge in [0.2, 0.25) is 0 Å². The van der Waals surface area contributed by atoms with Crippen LogP contribution < -0.4 is 10.9 Å². The lowest BCUT2D eigenvalue weighted by molar-refractivity contribution is 0.335. The van der Waals surface area contributed by atoms with E-state index in [1.165, 1.54) is 12.8 Å². The van der Waals surface area contributed by atoms with Crippen molar-refractivity contribution in [3.63, 3.8) is 0 Å². The fraction of sp³-hybridized carbons (Fsp3) is 0.500. The SMILES string of the molecule is Cc1nc2ccccc2c(=O)n1CCC1CCNCC1. The van der Waals surface area contributed by atoms with Gasteiger partial charge in [-0.25, -0.2) is 4.98 Å². The van der Waals surface area contributed by atoms with Gasteiger partial charge in [-0.15, -0.1) is 0 Å². The van der Waals surface area contributed by atoms with Gasteiger partial charge in [-0.2, -0.15) is 0 Å². The molecule has 106 valence electrons. The molecule has 2 heterocycles. The summed E-state index contributed by atoms with van der Waals surface area (Å²) in [5.41, 5.74) is 0.898. The number of rotatable bonds is 3. The fourth-order valence-electron chi connectivity index (χ4n) is 3.02. The van der Waals surface area contributed by atoms with Crippen molar-refractivity contribution < 1.29 is 0 Å². The summed E-state index contributed by atoms with van der Waals surface area (Å²) in [5.74, 6) is 1.55. The second-order valence-electron chi connectivity index (χ2n) is 5.62. The second-order valence-corrected chi connectivity index (χ2v) is 5.62. The van der Waals surface area contributed by atoms with Crippen LogP contribution in [0.1, 0.15) is 25.1 Å². The minimum absolute atomic E-state index is 0.0991. The van der Waals surface area contributed by atoms with E-state index < -0.39 is 0 Å². The molecular formula is C16H21N3O. The molecule has 4 heteroatoms. The van der Waals surface area contributed by atoms with Crippen LogP contribution in [0, 0.1) is 12.8 Å². The van der Waals surface area contributed by atoms with Gasteiger partial charge in [0.05, 0.1) is 10.9 Å². The summed E-state index contributed by atoms with van der Waals surface area (Å²) in [6.45, 7) is 4.92. The van der Waals surface area contributed by atoms with Crippen molar-refractivity contribution in [2.75, 3.05) is 13.1 Å². The predicted octanol–water partition coefficient (Wildman–Crippen LogP) is 2.09. The van der Waals surface area contributed by atoms with Gasteiger partial charge in [0.1, 0.15) is 5.82 Å². The van der Waals surface area contributed by atoms with E-state index in [9.17, 15) is 4.79 Å². The Balaban J connectivity index is 1.85. The Kier molecular flexibility index (Phi) is 3.83. The number of hydrogen-bond donors (Lipinski definition) is 1. The van der Waals surface area contributed by atoms with E-state index >= 15 is 0 Å². The van der Waals surface area contributed by atoms with Crippen LogP contribution in [-0.4, -0.2) is 22.6 Å². The monoisotopic (exact) mass is 271 g/mol. The molecule has 1 fully saturated rings. The maximum Gasteiger partial charge on any atom is 0.261 e. The first kappa shape index (κ1) is 13.3. The quantitative estimate of drug-likeness (QED) is 0.930. The van der Waals surface area contributed by atoms with E-state index in [0.29, 0.717) is 0 Å². The lowest BCUT2D eigenvalue weighted by atomic mass is 9.95. The first-order valence-electron chi connectivity index (χ1n) is 7.42. The van der Waals surface area contributed by atoms with Crippen molar-refractivity contribution >= 4 is 10.9 Å². The van der Waals surface area contributed by atoms with Crippen LogP contribution in [0.3, 0.4) is 0 Å². The lowest BCUT2D eigenvalue weighted by Crippen LogP contribution is -2.30. The Morgan fingerprint density at radius 1 is 1.30 bits per heavy atom. The van der Waals surface area contributed by atoms with Crippen LogP contribution in [0.25, 0.3) is 10.9 Å². The maximum absolute atomic E-state index is 12.5. The molecule has 1 saturated heterocycles. The number of hydrogen-bond acceptors (Lipinski definition) is 3. The summed E-state index contributed by atoms with van der Waals surface area (Å²) in [6.07, 6.45) is 3.51. The number of para-hydroxylation sites is 1. The van der Waals surface area contributed by atoms with E-state index in [2.05, 4.69) is 10.3 Å². The van der Waals surface area contributed by atoms with Crippen molar-refractivity contribution in [1.82, 2.24) is 14.9 Å². The van der Waals surface area contributed by atoms with Crippen LogP contribution in [0.5, 0.6) is 0 Å². The fourth-order valence-corrected chi connectivity index (χ4v) is 3.02. The van der Waals surface area contributed by atoms with E-state index in [-0.39, 0.29) is 5.56 Å². The molecule has 4 nitrogen and oxygen atoms in total. The largest absolute Gasteiger partial charge is 0.317 e. The van der Waals surface area contributed by atoms with Crippen LogP contribution in [0.2, 0.25) is 0 Å². The van der Waals surface area contributed by atoms with E-state index in [1.807, 2.05) is 35.8 Å².